The molecule has 1 aromatic rings. The van der Waals surface area contributed by atoms with Gasteiger partial charge in [0.1, 0.15) is 11.5 Å². The number of hydrogen-bond donors (Lipinski definition) is 0. The first kappa shape index (κ1) is 13.2. The van der Waals surface area contributed by atoms with Gasteiger partial charge in [-0.1, -0.05) is 32.1 Å². The average molecular weight is 229 g/mol. The summed E-state index contributed by atoms with van der Waals surface area (Å²) >= 11 is 0. The summed E-state index contributed by atoms with van der Waals surface area (Å²) in [5, 5.41) is 0. The van der Waals surface area contributed by atoms with E-state index in [-0.39, 0.29) is 0 Å². The molecule has 2 rings (SSSR count). The second kappa shape index (κ2) is 7.44. The molecule has 1 aromatic heterocycles. The van der Waals surface area contributed by atoms with Gasteiger partial charge in [-0.05, 0) is 37.6 Å². The molecule has 17 heavy (non-hydrogen) atoms. The molecule has 0 atom stereocenters. The van der Waals surface area contributed by atoms with Gasteiger partial charge in [0.05, 0.1) is 6.20 Å². The number of ether oxygens (including phenoxy) is 1. The maximum Gasteiger partial charge on any atom is 0.145 e. The van der Waals surface area contributed by atoms with Crippen LogP contribution >= 0.6 is 0 Å². The Balaban J connectivity index is 0.000000686. The maximum atomic E-state index is 5.66. The highest BCUT2D eigenvalue weighted by atomic mass is 16.5. The summed E-state index contributed by atoms with van der Waals surface area (Å²) in [6, 6.07) is 3.86. The molecule has 1 aliphatic carbocycles. The molecule has 0 radical (unpaired) electrons. The van der Waals surface area contributed by atoms with Gasteiger partial charge in [-0.3, -0.25) is 4.98 Å². The molecule has 0 amide bonds. The van der Waals surface area contributed by atoms with Gasteiger partial charge in [-0.15, -0.1) is 0 Å². The summed E-state index contributed by atoms with van der Waals surface area (Å²) in [6.45, 7) is 5.96. The van der Waals surface area contributed by atoms with Crippen LogP contribution in [-0.4, -0.2) is 4.98 Å². The lowest BCUT2D eigenvalue weighted by Gasteiger charge is -2.05. The summed E-state index contributed by atoms with van der Waals surface area (Å²) in [5.41, 5.74) is 0.995. The van der Waals surface area contributed by atoms with Crippen molar-refractivity contribution in [1.29, 1.82) is 0 Å². The zero-order chi connectivity index (χ0) is 12.5. The van der Waals surface area contributed by atoms with E-state index < -0.39 is 0 Å². The van der Waals surface area contributed by atoms with E-state index in [2.05, 4.69) is 11.1 Å². The van der Waals surface area contributed by atoms with Gasteiger partial charge in [-0.2, -0.15) is 0 Å². The van der Waals surface area contributed by atoms with Crippen molar-refractivity contribution in [1.82, 2.24) is 4.98 Å². The Kier molecular flexibility index (Phi) is 5.80. The van der Waals surface area contributed by atoms with Crippen molar-refractivity contribution < 1.29 is 4.74 Å². The fraction of sp³-hybridized carbons (Fsp3) is 0.267. The second-order valence-corrected chi connectivity index (χ2v) is 3.37. The molecule has 2 nitrogen and oxygen atoms in total. The van der Waals surface area contributed by atoms with Gasteiger partial charge in [-0.25, -0.2) is 0 Å². The summed E-state index contributed by atoms with van der Waals surface area (Å²) in [4.78, 5) is 4.18. The smallest absolute Gasteiger partial charge is 0.145 e. The fourth-order valence-electron chi connectivity index (χ4n) is 1.29. The van der Waals surface area contributed by atoms with Crippen molar-refractivity contribution in [3.05, 3.63) is 60.2 Å². The highest BCUT2D eigenvalue weighted by Crippen LogP contribution is 2.15. The van der Waals surface area contributed by atoms with Crippen molar-refractivity contribution in [2.75, 3.05) is 0 Å². The van der Waals surface area contributed by atoms with E-state index in [1.165, 1.54) is 0 Å². The van der Waals surface area contributed by atoms with E-state index in [0.717, 1.165) is 23.6 Å². The second-order valence-electron chi connectivity index (χ2n) is 3.37. The van der Waals surface area contributed by atoms with Gasteiger partial charge >= 0.3 is 0 Å². The Morgan fingerprint density at radius 1 is 1.18 bits per heavy atom. The molecule has 1 aliphatic rings. The lowest BCUT2D eigenvalue weighted by atomic mass is 10.3. The first-order valence-electron chi connectivity index (χ1n) is 5.98. The van der Waals surface area contributed by atoms with Crippen molar-refractivity contribution in [2.24, 2.45) is 0 Å². The predicted molar refractivity (Wildman–Crippen MR) is 71.9 cm³/mol. The largest absolute Gasteiger partial charge is 0.456 e. The summed E-state index contributed by atoms with van der Waals surface area (Å²) in [5.74, 6) is 1.64. The zero-order valence-corrected chi connectivity index (χ0v) is 10.7. The molecular formula is C15H19NO. The zero-order valence-electron chi connectivity index (χ0n) is 10.7. The van der Waals surface area contributed by atoms with E-state index in [1.54, 1.807) is 6.20 Å². The number of aromatic nitrogens is 1. The number of pyridine rings is 1. The third-order valence-corrected chi connectivity index (χ3v) is 2.08. The molecule has 0 aromatic carbocycles. The number of allylic oxidation sites excluding steroid dienone is 5. The first-order chi connectivity index (χ1) is 8.34. The highest BCUT2D eigenvalue weighted by molar-refractivity contribution is 5.28. The number of hydrogen-bond acceptors (Lipinski definition) is 2. The monoisotopic (exact) mass is 229 g/mol. The highest BCUT2D eigenvalue weighted by Gasteiger charge is 1.98. The molecule has 90 valence electrons. The minimum atomic E-state index is 0.776. The molecule has 0 aliphatic heterocycles. The summed E-state index contributed by atoms with van der Waals surface area (Å²) in [7, 11) is 0. The first-order valence-corrected chi connectivity index (χ1v) is 5.98. The van der Waals surface area contributed by atoms with Crippen LogP contribution in [0.3, 0.4) is 0 Å². The lowest BCUT2D eigenvalue weighted by molar-refractivity contribution is 0.440. The number of nitrogens with zero attached hydrogens (tertiary/aromatic N) is 1. The minimum Gasteiger partial charge on any atom is -0.456 e. The van der Waals surface area contributed by atoms with Crippen LogP contribution in [0.15, 0.2) is 54.5 Å². The Morgan fingerprint density at radius 2 is 2.00 bits per heavy atom. The van der Waals surface area contributed by atoms with E-state index in [4.69, 9.17) is 4.74 Å². The quantitative estimate of drug-likeness (QED) is 0.758. The van der Waals surface area contributed by atoms with E-state index in [9.17, 15) is 0 Å². The Hall–Kier alpha value is -1.83. The topological polar surface area (TPSA) is 22.1 Å². The van der Waals surface area contributed by atoms with Gasteiger partial charge < -0.3 is 4.74 Å². The van der Waals surface area contributed by atoms with E-state index in [1.807, 2.05) is 57.2 Å². The average Bonchev–Trinajstić information content (AvgIpc) is 2.63. The predicted octanol–water partition coefficient (Wildman–Crippen LogP) is 4.20. The summed E-state index contributed by atoms with van der Waals surface area (Å²) in [6.07, 6.45) is 12.7. The van der Waals surface area contributed by atoms with Gasteiger partial charge in [0, 0.05) is 5.69 Å². The third kappa shape index (κ3) is 4.68. The molecule has 0 unspecified atom stereocenters. The Bertz CT molecular complexity index is 413. The maximum absolute atomic E-state index is 5.66. The van der Waals surface area contributed by atoms with Crippen molar-refractivity contribution in [3.8, 4) is 5.75 Å². The van der Waals surface area contributed by atoms with Crippen LogP contribution in [0.4, 0.5) is 0 Å². The normalized spacial score (nSPS) is 13.2. The van der Waals surface area contributed by atoms with Gasteiger partial charge in [0.2, 0.25) is 0 Å². The van der Waals surface area contributed by atoms with Crippen LogP contribution in [0.25, 0.3) is 0 Å². The van der Waals surface area contributed by atoms with Crippen LogP contribution in [0.5, 0.6) is 5.75 Å². The van der Waals surface area contributed by atoms with E-state index >= 15 is 0 Å². The molecule has 0 saturated carbocycles. The Morgan fingerprint density at radius 3 is 2.71 bits per heavy atom. The van der Waals surface area contributed by atoms with E-state index in [0.29, 0.717) is 0 Å². The standard InChI is InChI=1S/C13H13NO.C2H6/c1-11-8-9-13(10-14-11)15-12-6-4-2-3-5-7-12;1-2/h2-4,6-10H,5H2,1H3;1-2H3. The van der Waals surface area contributed by atoms with Crippen molar-refractivity contribution in [2.45, 2.75) is 27.2 Å². The van der Waals surface area contributed by atoms with Gasteiger partial charge in [0.15, 0.2) is 0 Å². The van der Waals surface area contributed by atoms with Crippen molar-refractivity contribution >= 4 is 0 Å². The molecular weight excluding hydrogens is 210 g/mol. The number of aryl methyl sites for hydroxylation is 1. The van der Waals surface area contributed by atoms with Crippen LogP contribution in [0, 0.1) is 6.92 Å². The molecule has 0 fully saturated rings. The molecule has 0 bridgehead atoms. The van der Waals surface area contributed by atoms with Gasteiger partial charge in [0.25, 0.3) is 0 Å². The van der Waals surface area contributed by atoms with Crippen molar-refractivity contribution in [3.63, 3.8) is 0 Å². The molecule has 0 N–H and O–H groups in total. The van der Waals surface area contributed by atoms with Crippen LogP contribution in [-0.2, 0) is 0 Å². The van der Waals surface area contributed by atoms with Crippen LogP contribution in [0.2, 0.25) is 0 Å². The summed E-state index contributed by atoms with van der Waals surface area (Å²) < 4.78 is 5.66. The molecule has 2 heteroatoms. The van der Waals surface area contributed by atoms with Crippen LogP contribution in [0.1, 0.15) is 26.0 Å². The number of rotatable bonds is 2. The Labute approximate surface area is 103 Å². The minimum absolute atomic E-state index is 0.776. The van der Waals surface area contributed by atoms with Crippen LogP contribution < -0.4 is 4.74 Å². The fourth-order valence-corrected chi connectivity index (χ4v) is 1.29. The lowest BCUT2D eigenvalue weighted by Crippen LogP contribution is -1.92. The molecule has 0 saturated heterocycles. The molecule has 1 heterocycles. The SMILES string of the molecule is CC.Cc1ccc(OC2=CCC=CC=C2)cn1. The molecule has 0 spiro atoms. The third-order valence-electron chi connectivity index (χ3n) is 2.08.